The zero-order chi connectivity index (χ0) is 16.5. The highest BCUT2D eigenvalue weighted by atomic mass is 19.2. The molecular formula is C14H16F2N2O4. The van der Waals surface area contributed by atoms with Crippen molar-refractivity contribution in [3.05, 3.63) is 35.4 Å². The van der Waals surface area contributed by atoms with Gasteiger partial charge >= 0.3 is 6.03 Å². The molecule has 1 fully saturated rings. The predicted octanol–water partition coefficient (Wildman–Crippen LogP) is 0.955. The molecule has 8 heteroatoms. The average Bonchev–Trinajstić information content (AvgIpc) is 2.65. The van der Waals surface area contributed by atoms with E-state index in [2.05, 4.69) is 5.32 Å². The summed E-state index contributed by atoms with van der Waals surface area (Å²) in [4.78, 5) is 24.9. The molecule has 0 radical (unpaired) electrons. The third-order valence-corrected chi connectivity index (χ3v) is 3.46. The van der Waals surface area contributed by atoms with Crippen LogP contribution in [0.1, 0.15) is 18.6 Å². The van der Waals surface area contributed by atoms with Crippen molar-refractivity contribution < 1.29 is 28.2 Å². The highest BCUT2D eigenvalue weighted by molar-refractivity contribution is 6.06. The lowest BCUT2D eigenvalue weighted by molar-refractivity contribution is -0.133. The van der Waals surface area contributed by atoms with Gasteiger partial charge in [-0.25, -0.2) is 13.6 Å². The third-order valence-electron chi connectivity index (χ3n) is 3.46. The van der Waals surface area contributed by atoms with E-state index in [9.17, 15) is 23.5 Å². The molecule has 1 aliphatic heterocycles. The first kappa shape index (κ1) is 16.3. The van der Waals surface area contributed by atoms with Crippen molar-refractivity contribution in [3.63, 3.8) is 0 Å². The molecule has 2 atom stereocenters. The van der Waals surface area contributed by atoms with Gasteiger partial charge in [0.15, 0.2) is 11.6 Å². The molecule has 1 heterocycles. The first-order valence-electron chi connectivity index (χ1n) is 6.54. The summed E-state index contributed by atoms with van der Waals surface area (Å²) in [6.07, 6.45) is -1.32. The van der Waals surface area contributed by atoms with E-state index < -0.39 is 35.2 Å². The fourth-order valence-electron chi connectivity index (χ4n) is 2.30. The van der Waals surface area contributed by atoms with Crippen molar-refractivity contribution in [1.29, 1.82) is 0 Å². The molecule has 2 unspecified atom stereocenters. The summed E-state index contributed by atoms with van der Waals surface area (Å²) in [5.41, 5.74) is -1.14. The Kier molecular flexibility index (Phi) is 4.43. The lowest BCUT2D eigenvalue weighted by Gasteiger charge is -2.21. The van der Waals surface area contributed by atoms with Gasteiger partial charge in [0, 0.05) is 7.11 Å². The molecule has 0 bridgehead atoms. The summed E-state index contributed by atoms with van der Waals surface area (Å²) in [5, 5.41) is 12.5. The molecule has 1 saturated heterocycles. The lowest BCUT2D eigenvalue weighted by atomic mass is 10.0. The SMILES string of the molecule is COCC1(C)NC(=O)N(CC(O)c2ccc(F)c(F)c2)C1=O. The maximum Gasteiger partial charge on any atom is 0.325 e. The molecule has 1 aromatic rings. The number of ether oxygens (including phenoxy) is 1. The fourth-order valence-corrected chi connectivity index (χ4v) is 2.30. The largest absolute Gasteiger partial charge is 0.387 e. The number of hydrogen-bond acceptors (Lipinski definition) is 4. The first-order chi connectivity index (χ1) is 10.3. The third kappa shape index (κ3) is 2.93. The maximum absolute atomic E-state index is 13.2. The van der Waals surface area contributed by atoms with Crippen molar-refractivity contribution in [3.8, 4) is 0 Å². The van der Waals surface area contributed by atoms with Crippen LogP contribution in [-0.4, -0.2) is 47.7 Å². The molecule has 120 valence electrons. The van der Waals surface area contributed by atoms with E-state index in [1.54, 1.807) is 0 Å². The number of nitrogens with zero attached hydrogens (tertiary/aromatic N) is 1. The number of benzene rings is 1. The van der Waals surface area contributed by atoms with Crippen LogP contribution < -0.4 is 5.32 Å². The molecule has 6 nitrogen and oxygen atoms in total. The normalized spacial score (nSPS) is 22.9. The molecule has 2 rings (SSSR count). The second kappa shape index (κ2) is 5.98. The molecule has 0 aromatic heterocycles. The molecule has 0 aliphatic carbocycles. The van der Waals surface area contributed by atoms with E-state index in [1.165, 1.54) is 20.1 Å². The maximum atomic E-state index is 13.2. The number of methoxy groups -OCH3 is 1. The van der Waals surface area contributed by atoms with Gasteiger partial charge in [-0.2, -0.15) is 0 Å². The Morgan fingerprint density at radius 2 is 2.05 bits per heavy atom. The quantitative estimate of drug-likeness (QED) is 0.793. The van der Waals surface area contributed by atoms with Crippen LogP contribution in [0.25, 0.3) is 0 Å². The number of β-amino-alcohol motifs (C(OH)–C–C–N with tert-alkyl or cyclic N) is 1. The van der Waals surface area contributed by atoms with Gasteiger partial charge in [0.25, 0.3) is 5.91 Å². The van der Waals surface area contributed by atoms with Crippen molar-refractivity contribution in [2.45, 2.75) is 18.6 Å². The van der Waals surface area contributed by atoms with Crippen molar-refractivity contribution in [2.24, 2.45) is 0 Å². The molecule has 1 aromatic carbocycles. The Bertz CT molecular complexity index is 611. The minimum atomic E-state index is -1.32. The van der Waals surface area contributed by atoms with E-state index in [-0.39, 0.29) is 18.7 Å². The zero-order valence-corrected chi connectivity index (χ0v) is 12.1. The van der Waals surface area contributed by atoms with E-state index in [1.807, 2.05) is 0 Å². The molecule has 0 saturated carbocycles. The molecule has 2 N–H and O–H groups in total. The molecule has 3 amide bonds. The number of nitrogens with one attached hydrogen (secondary N) is 1. The number of imide groups is 1. The van der Waals surface area contributed by atoms with Crippen molar-refractivity contribution in [1.82, 2.24) is 10.2 Å². The van der Waals surface area contributed by atoms with Gasteiger partial charge in [0.1, 0.15) is 5.54 Å². The standard InChI is InChI=1S/C14H16F2N2O4/c1-14(7-22-2)12(20)18(13(21)17-14)6-11(19)8-3-4-9(15)10(16)5-8/h3-5,11,19H,6-7H2,1-2H3,(H,17,21). The highest BCUT2D eigenvalue weighted by Gasteiger charge is 2.48. The van der Waals surface area contributed by atoms with Gasteiger partial charge < -0.3 is 15.2 Å². The first-order valence-corrected chi connectivity index (χ1v) is 6.54. The van der Waals surface area contributed by atoms with Crippen LogP contribution in [0.3, 0.4) is 0 Å². The minimum absolute atomic E-state index is 0.0185. The van der Waals surface area contributed by atoms with E-state index in [4.69, 9.17) is 4.74 Å². The Morgan fingerprint density at radius 1 is 1.36 bits per heavy atom. The van der Waals surface area contributed by atoms with Crippen molar-refractivity contribution >= 4 is 11.9 Å². The topological polar surface area (TPSA) is 78.9 Å². The summed E-state index contributed by atoms with van der Waals surface area (Å²) in [6.45, 7) is 1.12. The number of carbonyl (C=O) groups is 2. The van der Waals surface area contributed by atoms with Crippen LogP contribution in [0.4, 0.5) is 13.6 Å². The number of carbonyl (C=O) groups excluding carboxylic acids is 2. The van der Waals surface area contributed by atoms with E-state index in [0.717, 1.165) is 17.0 Å². The molecule has 1 aliphatic rings. The van der Waals surface area contributed by atoms with Crippen LogP contribution in [0.5, 0.6) is 0 Å². The van der Waals surface area contributed by atoms with Gasteiger partial charge in [0.2, 0.25) is 0 Å². The summed E-state index contributed by atoms with van der Waals surface area (Å²) < 4.78 is 30.9. The molecular weight excluding hydrogens is 298 g/mol. The Hall–Kier alpha value is -2.06. The average molecular weight is 314 g/mol. The van der Waals surface area contributed by atoms with Crippen molar-refractivity contribution in [2.75, 3.05) is 20.3 Å². The number of aliphatic hydroxyl groups is 1. The fraction of sp³-hybridized carbons (Fsp3) is 0.429. The summed E-state index contributed by atoms with van der Waals surface area (Å²) in [5.74, 6) is -2.71. The summed E-state index contributed by atoms with van der Waals surface area (Å²) >= 11 is 0. The number of rotatable bonds is 5. The second-order valence-corrected chi connectivity index (χ2v) is 5.30. The van der Waals surface area contributed by atoms with Gasteiger partial charge in [-0.05, 0) is 24.6 Å². The van der Waals surface area contributed by atoms with Crippen LogP contribution in [0.15, 0.2) is 18.2 Å². The van der Waals surface area contributed by atoms with Gasteiger partial charge in [-0.15, -0.1) is 0 Å². The number of hydrogen-bond donors (Lipinski definition) is 2. The van der Waals surface area contributed by atoms with E-state index >= 15 is 0 Å². The van der Waals surface area contributed by atoms with Crippen LogP contribution in [0, 0.1) is 11.6 Å². The van der Waals surface area contributed by atoms with Crippen LogP contribution in [0.2, 0.25) is 0 Å². The predicted molar refractivity (Wildman–Crippen MR) is 71.8 cm³/mol. The Morgan fingerprint density at radius 3 is 2.64 bits per heavy atom. The monoisotopic (exact) mass is 314 g/mol. The Balaban J connectivity index is 2.14. The van der Waals surface area contributed by atoms with Crippen LogP contribution in [-0.2, 0) is 9.53 Å². The second-order valence-electron chi connectivity index (χ2n) is 5.30. The summed E-state index contributed by atoms with van der Waals surface area (Å²) in [6, 6.07) is 2.21. The highest BCUT2D eigenvalue weighted by Crippen LogP contribution is 2.23. The number of amides is 3. The number of halogens is 2. The number of urea groups is 1. The minimum Gasteiger partial charge on any atom is -0.387 e. The molecule has 0 spiro atoms. The van der Waals surface area contributed by atoms with Crippen LogP contribution >= 0.6 is 0 Å². The zero-order valence-electron chi connectivity index (χ0n) is 12.1. The summed E-state index contributed by atoms with van der Waals surface area (Å²) in [7, 11) is 1.39. The van der Waals surface area contributed by atoms with E-state index in [0.29, 0.717) is 0 Å². The van der Waals surface area contributed by atoms with Gasteiger partial charge in [-0.1, -0.05) is 6.07 Å². The van der Waals surface area contributed by atoms with Gasteiger partial charge in [-0.3, -0.25) is 9.69 Å². The smallest absolute Gasteiger partial charge is 0.325 e. The lowest BCUT2D eigenvalue weighted by Crippen LogP contribution is -2.48. The molecule has 22 heavy (non-hydrogen) atoms. The Labute approximate surface area is 125 Å². The number of aliphatic hydroxyl groups excluding tert-OH is 1. The van der Waals surface area contributed by atoms with Gasteiger partial charge in [0.05, 0.1) is 19.3 Å².